The third-order valence-electron chi connectivity index (χ3n) is 4.22. The highest BCUT2D eigenvalue weighted by molar-refractivity contribution is 6.10. The standard InChI is InChI=1S/C20H22F2N2O3/c21-7-9-26-11-12-27-10-8-23-17-2-4-18(5-3-17)24-14-15-13-16(22)1-6-19(15)20(24)25/h1-6,13,23H,7-12,14H2. The first-order valence-electron chi connectivity index (χ1n) is 8.85. The van der Waals surface area contributed by atoms with Crippen LogP contribution in [0, 0.1) is 5.82 Å². The minimum atomic E-state index is -0.483. The molecule has 0 atom stereocenters. The second-order valence-electron chi connectivity index (χ2n) is 6.08. The molecule has 144 valence electrons. The van der Waals surface area contributed by atoms with Crippen molar-refractivity contribution in [3.63, 3.8) is 0 Å². The largest absolute Gasteiger partial charge is 0.383 e. The number of rotatable bonds is 10. The highest BCUT2D eigenvalue weighted by atomic mass is 19.1. The van der Waals surface area contributed by atoms with Gasteiger partial charge in [-0.15, -0.1) is 0 Å². The zero-order chi connectivity index (χ0) is 19.1. The maximum atomic E-state index is 13.4. The van der Waals surface area contributed by atoms with Gasteiger partial charge in [0.1, 0.15) is 12.5 Å². The smallest absolute Gasteiger partial charge is 0.258 e. The SMILES string of the molecule is O=C1c2ccc(F)cc2CN1c1ccc(NCCOCCOCCF)cc1. The van der Waals surface area contributed by atoms with Gasteiger partial charge in [-0.3, -0.25) is 4.79 Å². The third kappa shape index (κ3) is 5.02. The molecule has 5 nitrogen and oxygen atoms in total. The molecule has 0 fully saturated rings. The summed E-state index contributed by atoms with van der Waals surface area (Å²) < 4.78 is 35.5. The number of amides is 1. The van der Waals surface area contributed by atoms with Crippen molar-refractivity contribution in [1.29, 1.82) is 0 Å². The topological polar surface area (TPSA) is 50.8 Å². The van der Waals surface area contributed by atoms with Gasteiger partial charge in [0.25, 0.3) is 5.91 Å². The van der Waals surface area contributed by atoms with Crippen LogP contribution in [0.3, 0.4) is 0 Å². The van der Waals surface area contributed by atoms with Gasteiger partial charge in [0.15, 0.2) is 0 Å². The lowest BCUT2D eigenvalue weighted by molar-refractivity contribution is 0.0464. The molecule has 7 heteroatoms. The molecule has 0 bridgehead atoms. The van der Waals surface area contributed by atoms with Crippen molar-refractivity contribution in [3.05, 3.63) is 59.4 Å². The van der Waals surface area contributed by atoms with Crippen molar-refractivity contribution in [2.45, 2.75) is 6.54 Å². The molecular formula is C20H22F2N2O3. The molecule has 0 unspecified atom stereocenters. The van der Waals surface area contributed by atoms with Crippen LogP contribution in [0.25, 0.3) is 0 Å². The van der Waals surface area contributed by atoms with Crippen LogP contribution in [0.5, 0.6) is 0 Å². The lowest BCUT2D eigenvalue weighted by Gasteiger charge is -2.16. The zero-order valence-electron chi connectivity index (χ0n) is 14.9. The minimum Gasteiger partial charge on any atom is -0.383 e. The molecular weight excluding hydrogens is 354 g/mol. The molecule has 1 heterocycles. The molecule has 27 heavy (non-hydrogen) atoms. The first-order valence-corrected chi connectivity index (χ1v) is 8.85. The van der Waals surface area contributed by atoms with E-state index < -0.39 is 6.67 Å². The van der Waals surface area contributed by atoms with E-state index in [1.807, 2.05) is 24.3 Å². The molecule has 1 N–H and O–H groups in total. The number of hydrogen-bond donors (Lipinski definition) is 1. The van der Waals surface area contributed by atoms with E-state index in [-0.39, 0.29) is 18.3 Å². The van der Waals surface area contributed by atoms with Crippen LogP contribution >= 0.6 is 0 Å². The fourth-order valence-electron chi connectivity index (χ4n) is 2.90. The molecule has 0 saturated carbocycles. The van der Waals surface area contributed by atoms with E-state index in [2.05, 4.69) is 5.32 Å². The molecule has 1 amide bonds. The lowest BCUT2D eigenvalue weighted by atomic mass is 10.1. The summed E-state index contributed by atoms with van der Waals surface area (Å²) in [5.41, 5.74) is 2.93. The van der Waals surface area contributed by atoms with Crippen LogP contribution in [0.4, 0.5) is 20.2 Å². The van der Waals surface area contributed by atoms with Crippen molar-refractivity contribution in [3.8, 4) is 0 Å². The Morgan fingerprint density at radius 1 is 1.00 bits per heavy atom. The normalized spacial score (nSPS) is 13.1. The van der Waals surface area contributed by atoms with Gasteiger partial charge in [-0.1, -0.05) is 0 Å². The number of benzene rings is 2. The Bertz CT molecular complexity index is 768. The van der Waals surface area contributed by atoms with Gasteiger partial charge in [0.2, 0.25) is 0 Å². The second kappa shape index (κ2) is 9.43. The van der Waals surface area contributed by atoms with E-state index in [1.54, 1.807) is 4.90 Å². The Labute approximate surface area is 156 Å². The summed E-state index contributed by atoms with van der Waals surface area (Å²) in [6, 6.07) is 11.7. The van der Waals surface area contributed by atoms with Crippen molar-refractivity contribution < 1.29 is 23.0 Å². The maximum Gasteiger partial charge on any atom is 0.258 e. The van der Waals surface area contributed by atoms with E-state index >= 15 is 0 Å². The molecule has 0 aliphatic carbocycles. The van der Waals surface area contributed by atoms with Gasteiger partial charge in [-0.25, -0.2) is 8.78 Å². The number of carbonyl (C=O) groups excluding carboxylic acids is 1. The monoisotopic (exact) mass is 376 g/mol. The summed E-state index contributed by atoms with van der Waals surface area (Å²) >= 11 is 0. The van der Waals surface area contributed by atoms with Gasteiger partial charge in [0.05, 0.1) is 33.0 Å². The van der Waals surface area contributed by atoms with Crippen LogP contribution in [0.1, 0.15) is 15.9 Å². The Hall–Kier alpha value is -2.51. The van der Waals surface area contributed by atoms with Crippen molar-refractivity contribution in [2.75, 3.05) is 49.9 Å². The van der Waals surface area contributed by atoms with Crippen LogP contribution in [-0.4, -0.2) is 45.6 Å². The lowest BCUT2D eigenvalue weighted by Crippen LogP contribution is -2.22. The minimum absolute atomic E-state index is 0.105. The number of nitrogens with zero attached hydrogens (tertiary/aromatic N) is 1. The Morgan fingerprint density at radius 3 is 2.48 bits per heavy atom. The van der Waals surface area contributed by atoms with Crippen LogP contribution in [0.15, 0.2) is 42.5 Å². The van der Waals surface area contributed by atoms with Crippen LogP contribution in [0.2, 0.25) is 0 Å². The van der Waals surface area contributed by atoms with Crippen molar-refractivity contribution in [2.24, 2.45) is 0 Å². The molecule has 1 aliphatic rings. The Kier molecular flexibility index (Phi) is 6.73. The molecule has 3 rings (SSSR count). The summed E-state index contributed by atoms with van der Waals surface area (Å²) in [5, 5.41) is 3.22. The fraction of sp³-hybridized carbons (Fsp3) is 0.350. The quantitative estimate of drug-likeness (QED) is 0.646. The summed E-state index contributed by atoms with van der Waals surface area (Å²) in [4.78, 5) is 14.1. The fourth-order valence-corrected chi connectivity index (χ4v) is 2.90. The molecule has 2 aromatic carbocycles. The summed E-state index contributed by atoms with van der Waals surface area (Å²) in [7, 11) is 0. The first-order chi connectivity index (χ1) is 13.2. The Balaban J connectivity index is 1.45. The number of ether oxygens (including phenoxy) is 2. The summed E-state index contributed by atoms with van der Waals surface area (Å²) in [5.74, 6) is -0.451. The van der Waals surface area contributed by atoms with Gasteiger partial charge in [-0.05, 0) is 48.0 Å². The van der Waals surface area contributed by atoms with Crippen LogP contribution < -0.4 is 10.2 Å². The van der Waals surface area contributed by atoms with E-state index in [0.717, 1.165) is 11.4 Å². The summed E-state index contributed by atoms with van der Waals surface area (Å²) in [6.07, 6.45) is 0. The maximum absolute atomic E-state index is 13.4. The number of carbonyl (C=O) groups is 1. The summed E-state index contributed by atoms with van der Waals surface area (Å²) in [6.45, 7) is 1.93. The number of alkyl halides is 1. The number of nitrogens with one attached hydrogen (secondary N) is 1. The number of anilines is 2. The van der Waals surface area contributed by atoms with Gasteiger partial charge >= 0.3 is 0 Å². The molecule has 2 aromatic rings. The van der Waals surface area contributed by atoms with Gasteiger partial charge in [-0.2, -0.15) is 0 Å². The van der Waals surface area contributed by atoms with E-state index in [0.29, 0.717) is 44.0 Å². The predicted molar refractivity (Wildman–Crippen MR) is 99.5 cm³/mol. The van der Waals surface area contributed by atoms with Crippen molar-refractivity contribution >= 4 is 17.3 Å². The average molecular weight is 376 g/mol. The molecule has 0 aromatic heterocycles. The predicted octanol–water partition coefficient (Wildman–Crippen LogP) is 3.40. The van der Waals surface area contributed by atoms with Crippen LogP contribution in [-0.2, 0) is 16.0 Å². The molecule has 1 aliphatic heterocycles. The number of fused-ring (bicyclic) bond motifs is 1. The average Bonchev–Trinajstić information content (AvgIpc) is 3.00. The van der Waals surface area contributed by atoms with E-state index in [1.165, 1.54) is 18.2 Å². The number of halogens is 2. The molecule has 0 saturated heterocycles. The Morgan fingerprint density at radius 2 is 1.74 bits per heavy atom. The second-order valence-corrected chi connectivity index (χ2v) is 6.08. The van der Waals surface area contributed by atoms with E-state index in [4.69, 9.17) is 9.47 Å². The highest BCUT2D eigenvalue weighted by Gasteiger charge is 2.28. The number of hydrogen-bond acceptors (Lipinski definition) is 4. The highest BCUT2D eigenvalue weighted by Crippen LogP contribution is 2.29. The van der Waals surface area contributed by atoms with Crippen molar-refractivity contribution in [1.82, 2.24) is 0 Å². The molecule has 0 spiro atoms. The van der Waals surface area contributed by atoms with Gasteiger partial charge in [0, 0.05) is 23.5 Å². The zero-order valence-corrected chi connectivity index (χ0v) is 14.9. The van der Waals surface area contributed by atoms with Gasteiger partial charge < -0.3 is 19.7 Å². The molecule has 0 radical (unpaired) electrons. The van der Waals surface area contributed by atoms with E-state index in [9.17, 15) is 13.6 Å². The third-order valence-corrected chi connectivity index (χ3v) is 4.22. The first kappa shape index (κ1) is 19.3.